The monoisotopic (exact) mass is 293 g/mol. The second kappa shape index (κ2) is 5.91. The Morgan fingerprint density at radius 2 is 1.65 bits per heavy atom. The SMILES string of the molecule is O=C(O)/C=C\C(=O)Nc1c(Cl)cc(Cl)cc1Cl. The summed E-state index contributed by atoms with van der Waals surface area (Å²) in [5, 5.41) is 11.4. The second-order valence-corrected chi connectivity index (χ2v) is 4.16. The van der Waals surface area contributed by atoms with Crippen LogP contribution in [0.4, 0.5) is 5.69 Å². The summed E-state index contributed by atoms with van der Waals surface area (Å²) in [6.45, 7) is 0. The molecule has 0 heterocycles. The minimum Gasteiger partial charge on any atom is -0.478 e. The van der Waals surface area contributed by atoms with Gasteiger partial charge in [0.05, 0.1) is 15.7 Å². The minimum atomic E-state index is -1.23. The first-order valence-corrected chi connectivity index (χ1v) is 5.40. The lowest BCUT2D eigenvalue weighted by Gasteiger charge is -2.07. The third-order valence-corrected chi connectivity index (χ3v) is 2.45. The molecular formula is C10H6Cl3NO3. The first kappa shape index (κ1) is 13.8. The third-order valence-electron chi connectivity index (χ3n) is 1.63. The molecule has 0 atom stereocenters. The van der Waals surface area contributed by atoms with E-state index in [1.165, 1.54) is 12.1 Å². The van der Waals surface area contributed by atoms with Crippen molar-refractivity contribution in [3.05, 3.63) is 39.4 Å². The van der Waals surface area contributed by atoms with Crippen molar-refractivity contribution in [2.75, 3.05) is 5.32 Å². The van der Waals surface area contributed by atoms with Crippen LogP contribution in [-0.2, 0) is 9.59 Å². The molecular weight excluding hydrogens is 288 g/mol. The summed E-state index contributed by atoms with van der Waals surface area (Å²) in [4.78, 5) is 21.5. The molecule has 1 amide bonds. The van der Waals surface area contributed by atoms with E-state index >= 15 is 0 Å². The van der Waals surface area contributed by atoms with E-state index in [0.717, 1.165) is 6.08 Å². The smallest absolute Gasteiger partial charge is 0.328 e. The number of carboxylic acid groups (broad SMARTS) is 1. The number of halogens is 3. The molecule has 0 fully saturated rings. The molecule has 4 nitrogen and oxygen atoms in total. The number of carbonyl (C=O) groups excluding carboxylic acids is 1. The standard InChI is InChI=1S/C10H6Cl3NO3/c11-5-3-6(12)10(7(13)4-5)14-8(15)1-2-9(16)17/h1-4H,(H,14,15)(H,16,17)/b2-1-. The third kappa shape index (κ3) is 4.26. The first-order chi connectivity index (χ1) is 7.90. The van der Waals surface area contributed by atoms with E-state index < -0.39 is 11.9 Å². The van der Waals surface area contributed by atoms with Gasteiger partial charge in [0, 0.05) is 17.2 Å². The van der Waals surface area contributed by atoms with Crippen molar-refractivity contribution in [2.45, 2.75) is 0 Å². The molecule has 0 aliphatic carbocycles. The van der Waals surface area contributed by atoms with Crippen LogP contribution in [0.15, 0.2) is 24.3 Å². The van der Waals surface area contributed by atoms with E-state index in [0.29, 0.717) is 11.1 Å². The van der Waals surface area contributed by atoms with Crippen LogP contribution in [0, 0.1) is 0 Å². The fourth-order valence-electron chi connectivity index (χ4n) is 0.973. The zero-order valence-corrected chi connectivity index (χ0v) is 10.5. The van der Waals surface area contributed by atoms with Crippen molar-refractivity contribution in [1.82, 2.24) is 0 Å². The number of carbonyl (C=O) groups is 2. The molecule has 0 aliphatic heterocycles. The van der Waals surface area contributed by atoms with E-state index in [1.54, 1.807) is 0 Å². The van der Waals surface area contributed by atoms with Crippen molar-refractivity contribution in [2.24, 2.45) is 0 Å². The highest BCUT2D eigenvalue weighted by Gasteiger charge is 2.09. The van der Waals surface area contributed by atoms with Crippen LogP contribution in [-0.4, -0.2) is 17.0 Å². The van der Waals surface area contributed by atoms with Crippen LogP contribution in [0.25, 0.3) is 0 Å². The molecule has 0 aromatic heterocycles. The molecule has 0 saturated heterocycles. The van der Waals surface area contributed by atoms with Gasteiger partial charge in [-0.3, -0.25) is 4.79 Å². The number of hydrogen-bond acceptors (Lipinski definition) is 2. The number of amides is 1. The molecule has 0 unspecified atom stereocenters. The number of aliphatic carboxylic acids is 1. The summed E-state index contributed by atoms with van der Waals surface area (Å²) in [5.74, 6) is -1.88. The Kier molecular flexibility index (Phi) is 4.81. The Balaban J connectivity index is 2.89. The predicted octanol–water partition coefficient (Wildman–Crippen LogP) is 3.23. The molecule has 0 aliphatic rings. The zero-order valence-electron chi connectivity index (χ0n) is 8.21. The van der Waals surface area contributed by atoms with Crippen LogP contribution in [0.1, 0.15) is 0 Å². The van der Waals surface area contributed by atoms with Gasteiger partial charge in [-0.05, 0) is 12.1 Å². The first-order valence-electron chi connectivity index (χ1n) is 4.26. The predicted molar refractivity (Wildman–Crippen MR) is 66.9 cm³/mol. The van der Waals surface area contributed by atoms with Gasteiger partial charge in [0.15, 0.2) is 0 Å². The maximum absolute atomic E-state index is 11.3. The molecule has 1 rings (SSSR count). The van der Waals surface area contributed by atoms with Crippen LogP contribution in [0.2, 0.25) is 15.1 Å². The summed E-state index contributed by atoms with van der Waals surface area (Å²) in [7, 11) is 0. The molecule has 90 valence electrons. The molecule has 17 heavy (non-hydrogen) atoms. The lowest BCUT2D eigenvalue weighted by molar-refractivity contribution is -0.131. The number of hydrogen-bond donors (Lipinski definition) is 2. The van der Waals surface area contributed by atoms with E-state index in [-0.39, 0.29) is 15.7 Å². The lowest BCUT2D eigenvalue weighted by Crippen LogP contribution is -2.09. The highest BCUT2D eigenvalue weighted by Crippen LogP contribution is 2.33. The second-order valence-electron chi connectivity index (χ2n) is 2.91. The van der Waals surface area contributed by atoms with Gasteiger partial charge in [-0.15, -0.1) is 0 Å². The van der Waals surface area contributed by atoms with E-state index in [4.69, 9.17) is 39.9 Å². The molecule has 0 bridgehead atoms. The topological polar surface area (TPSA) is 66.4 Å². The molecule has 1 aromatic carbocycles. The maximum Gasteiger partial charge on any atom is 0.328 e. The zero-order chi connectivity index (χ0) is 13.0. The maximum atomic E-state index is 11.3. The highest BCUT2D eigenvalue weighted by molar-refractivity contribution is 6.42. The van der Waals surface area contributed by atoms with Gasteiger partial charge in [0.1, 0.15) is 0 Å². The van der Waals surface area contributed by atoms with Crippen molar-refractivity contribution in [3.8, 4) is 0 Å². The quantitative estimate of drug-likeness (QED) is 0.841. The van der Waals surface area contributed by atoms with Gasteiger partial charge in [-0.25, -0.2) is 4.79 Å². The Morgan fingerprint density at radius 3 is 2.12 bits per heavy atom. The molecule has 0 spiro atoms. The van der Waals surface area contributed by atoms with E-state index in [9.17, 15) is 9.59 Å². The van der Waals surface area contributed by atoms with E-state index in [2.05, 4.69) is 5.32 Å². The van der Waals surface area contributed by atoms with Crippen LogP contribution >= 0.6 is 34.8 Å². The van der Waals surface area contributed by atoms with Gasteiger partial charge < -0.3 is 10.4 Å². The minimum absolute atomic E-state index is 0.166. The number of nitrogens with one attached hydrogen (secondary N) is 1. The number of rotatable bonds is 3. The van der Waals surface area contributed by atoms with Gasteiger partial charge in [0.25, 0.3) is 0 Å². The average Bonchev–Trinajstić information content (AvgIpc) is 2.20. The summed E-state index contributed by atoms with van der Waals surface area (Å²) in [6, 6.07) is 2.82. The summed E-state index contributed by atoms with van der Waals surface area (Å²) < 4.78 is 0. The number of carboxylic acids is 1. The molecule has 1 aromatic rings. The Bertz CT molecular complexity index is 477. The van der Waals surface area contributed by atoms with Gasteiger partial charge >= 0.3 is 5.97 Å². The highest BCUT2D eigenvalue weighted by atomic mass is 35.5. The van der Waals surface area contributed by atoms with Crippen LogP contribution in [0.5, 0.6) is 0 Å². The van der Waals surface area contributed by atoms with Crippen LogP contribution < -0.4 is 5.32 Å². The Hall–Kier alpha value is -1.23. The number of benzene rings is 1. The van der Waals surface area contributed by atoms with Gasteiger partial charge in [0.2, 0.25) is 5.91 Å². The Labute approximate surface area is 112 Å². The van der Waals surface area contributed by atoms with Crippen molar-refractivity contribution in [3.63, 3.8) is 0 Å². The summed E-state index contributed by atoms with van der Waals surface area (Å²) in [6.07, 6.45) is 1.55. The van der Waals surface area contributed by atoms with Gasteiger partial charge in [-0.2, -0.15) is 0 Å². The normalized spacial score (nSPS) is 10.5. The Morgan fingerprint density at radius 1 is 1.12 bits per heavy atom. The van der Waals surface area contributed by atoms with Crippen LogP contribution in [0.3, 0.4) is 0 Å². The largest absolute Gasteiger partial charge is 0.478 e. The summed E-state index contributed by atoms with van der Waals surface area (Å²) in [5.41, 5.74) is 0.178. The van der Waals surface area contributed by atoms with Crippen molar-refractivity contribution >= 4 is 52.4 Å². The molecule has 7 heteroatoms. The molecule has 0 saturated carbocycles. The lowest BCUT2D eigenvalue weighted by atomic mass is 10.3. The molecule has 2 N–H and O–H groups in total. The fraction of sp³-hybridized carbons (Fsp3) is 0. The van der Waals surface area contributed by atoms with Crippen molar-refractivity contribution < 1.29 is 14.7 Å². The fourth-order valence-corrected chi connectivity index (χ4v) is 1.88. The number of anilines is 1. The molecule has 0 radical (unpaired) electrons. The van der Waals surface area contributed by atoms with Gasteiger partial charge in [-0.1, -0.05) is 34.8 Å². The van der Waals surface area contributed by atoms with E-state index in [1.807, 2.05) is 0 Å². The summed E-state index contributed by atoms with van der Waals surface area (Å²) >= 11 is 17.3. The van der Waals surface area contributed by atoms with Crippen molar-refractivity contribution in [1.29, 1.82) is 0 Å². The average molecular weight is 295 g/mol.